The number of alkyl halides is 3. The molecule has 186 valence electrons. The van der Waals surface area contributed by atoms with Gasteiger partial charge in [-0.25, -0.2) is 4.98 Å². The number of hydrogen-bond donors (Lipinski definition) is 2. The van der Waals surface area contributed by atoms with Gasteiger partial charge in [-0.05, 0) is 36.0 Å². The number of nitrogens with two attached hydrogens (primary N) is 1. The molecule has 0 saturated carbocycles. The van der Waals surface area contributed by atoms with E-state index in [1.54, 1.807) is 24.3 Å². The molecule has 4 aromatic rings. The Morgan fingerprint density at radius 3 is 2.44 bits per heavy atom. The fourth-order valence-electron chi connectivity index (χ4n) is 3.61. The minimum Gasteiger partial charge on any atom is -0.365 e. The summed E-state index contributed by atoms with van der Waals surface area (Å²) in [7, 11) is 0. The number of anilines is 1. The highest BCUT2D eigenvalue weighted by Crippen LogP contribution is 2.43. The summed E-state index contributed by atoms with van der Waals surface area (Å²) in [6.07, 6.45) is -4.77. The average Bonchev–Trinajstić information content (AvgIpc) is 3.33. The first-order chi connectivity index (χ1) is 16.8. The summed E-state index contributed by atoms with van der Waals surface area (Å²) in [5, 5.41) is 17.7. The second-order valence-corrected chi connectivity index (χ2v) is 8.88. The third-order valence-corrected chi connectivity index (χ3v) is 6.26. The van der Waals surface area contributed by atoms with Gasteiger partial charge in [-0.15, -0.1) is 16.0 Å². The second kappa shape index (κ2) is 9.03. The summed E-state index contributed by atoms with van der Waals surface area (Å²) >= 11 is 0.604. The van der Waals surface area contributed by atoms with Crippen molar-refractivity contribution < 1.29 is 27.7 Å². The van der Waals surface area contributed by atoms with Crippen molar-refractivity contribution in [3.05, 3.63) is 68.3 Å². The van der Waals surface area contributed by atoms with Crippen molar-refractivity contribution >= 4 is 44.9 Å². The SMILES string of the molecule is Cc1ccc(-c2cc(C(F)(F)F)nc3sc(C(N)=O)c(NC(=O)Cn4nc(C)cc4[N+](=O)[O-])c23)cc1. The largest absolute Gasteiger partial charge is 0.433 e. The molecule has 0 unspecified atom stereocenters. The van der Waals surface area contributed by atoms with Gasteiger partial charge in [-0.3, -0.25) is 9.59 Å². The molecule has 0 saturated heterocycles. The van der Waals surface area contributed by atoms with Crippen LogP contribution in [-0.4, -0.2) is 31.5 Å². The van der Waals surface area contributed by atoms with Crippen molar-refractivity contribution in [3.63, 3.8) is 0 Å². The number of fused-ring (bicyclic) bond motifs is 1. The highest BCUT2D eigenvalue weighted by atomic mass is 32.1. The zero-order valence-electron chi connectivity index (χ0n) is 18.7. The van der Waals surface area contributed by atoms with Crippen LogP contribution in [0.2, 0.25) is 0 Å². The van der Waals surface area contributed by atoms with E-state index in [2.05, 4.69) is 15.4 Å². The van der Waals surface area contributed by atoms with E-state index >= 15 is 0 Å². The van der Waals surface area contributed by atoms with Crippen LogP contribution < -0.4 is 11.1 Å². The lowest BCUT2D eigenvalue weighted by Crippen LogP contribution is -2.22. The van der Waals surface area contributed by atoms with Crippen LogP contribution in [0.5, 0.6) is 0 Å². The van der Waals surface area contributed by atoms with E-state index in [1.165, 1.54) is 13.0 Å². The summed E-state index contributed by atoms with van der Waals surface area (Å²) in [6.45, 7) is 2.73. The molecule has 0 radical (unpaired) electrons. The first-order valence-corrected chi connectivity index (χ1v) is 11.1. The molecule has 4 rings (SSSR count). The highest BCUT2D eigenvalue weighted by Gasteiger charge is 2.35. The summed E-state index contributed by atoms with van der Waals surface area (Å²) in [5.41, 5.74) is 5.80. The van der Waals surface area contributed by atoms with E-state index in [1.807, 2.05) is 6.92 Å². The van der Waals surface area contributed by atoms with E-state index < -0.39 is 41.0 Å². The molecule has 10 nitrogen and oxygen atoms in total. The van der Waals surface area contributed by atoms with Crippen LogP contribution in [0.3, 0.4) is 0 Å². The molecule has 0 atom stereocenters. The molecule has 14 heteroatoms. The van der Waals surface area contributed by atoms with Gasteiger partial charge in [0.05, 0.1) is 17.4 Å². The second-order valence-electron chi connectivity index (χ2n) is 7.88. The number of primary amides is 1. The lowest BCUT2D eigenvalue weighted by molar-refractivity contribution is -0.392. The Hall–Kier alpha value is -4.33. The quantitative estimate of drug-likeness (QED) is 0.285. The van der Waals surface area contributed by atoms with Crippen LogP contribution in [0.25, 0.3) is 21.3 Å². The van der Waals surface area contributed by atoms with Crippen molar-refractivity contribution in [3.8, 4) is 11.1 Å². The van der Waals surface area contributed by atoms with Crippen molar-refractivity contribution in [2.75, 3.05) is 5.32 Å². The maximum Gasteiger partial charge on any atom is 0.433 e. The van der Waals surface area contributed by atoms with Gasteiger partial charge < -0.3 is 21.2 Å². The number of aryl methyl sites for hydroxylation is 2. The van der Waals surface area contributed by atoms with Crippen molar-refractivity contribution in [2.45, 2.75) is 26.6 Å². The van der Waals surface area contributed by atoms with E-state index in [0.717, 1.165) is 16.3 Å². The third-order valence-electron chi connectivity index (χ3n) is 5.16. The van der Waals surface area contributed by atoms with Gasteiger partial charge in [-0.1, -0.05) is 34.9 Å². The number of pyridine rings is 1. The Kier molecular flexibility index (Phi) is 6.22. The molecule has 0 bridgehead atoms. The van der Waals surface area contributed by atoms with Gasteiger partial charge in [-0.2, -0.15) is 13.2 Å². The number of carbonyl (C=O) groups is 2. The maximum absolute atomic E-state index is 13.6. The molecule has 0 fully saturated rings. The molecule has 0 aliphatic rings. The predicted molar refractivity (Wildman–Crippen MR) is 126 cm³/mol. The molecule has 1 aromatic carbocycles. The lowest BCUT2D eigenvalue weighted by atomic mass is 10.00. The normalized spacial score (nSPS) is 11.6. The average molecular weight is 518 g/mol. The number of nitrogens with one attached hydrogen (secondary N) is 1. The molecular weight excluding hydrogens is 501 g/mol. The zero-order valence-corrected chi connectivity index (χ0v) is 19.5. The smallest absolute Gasteiger partial charge is 0.365 e. The van der Waals surface area contributed by atoms with Crippen molar-refractivity contribution in [1.29, 1.82) is 0 Å². The Morgan fingerprint density at radius 1 is 1.19 bits per heavy atom. The fourth-order valence-corrected chi connectivity index (χ4v) is 4.61. The Balaban J connectivity index is 1.88. The maximum atomic E-state index is 13.6. The minimum absolute atomic E-state index is 0.0762. The van der Waals surface area contributed by atoms with E-state index in [0.29, 0.717) is 22.6 Å². The lowest BCUT2D eigenvalue weighted by Gasteiger charge is -2.12. The van der Waals surface area contributed by atoms with Gasteiger partial charge in [0, 0.05) is 5.39 Å². The summed E-state index contributed by atoms with van der Waals surface area (Å²) in [4.78, 5) is 38.9. The van der Waals surface area contributed by atoms with Gasteiger partial charge in [0.25, 0.3) is 11.8 Å². The number of amides is 2. The van der Waals surface area contributed by atoms with Crippen molar-refractivity contribution in [1.82, 2.24) is 14.8 Å². The predicted octanol–water partition coefficient (Wildman–Crippen LogP) is 4.44. The number of aromatic nitrogens is 3. The minimum atomic E-state index is -4.77. The number of thiophene rings is 1. The summed E-state index contributed by atoms with van der Waals surface area (Å²) in [5.74, 6) is -2.22. The zero-order chi connectivity index (χ0) is 26.4. The number of halogens is 3. The topological polar surface area (TPSA) is 146 Å². The molecule has 3 aromatic heterocycles. The number of nitrogens with zero attached hydrogens (tertiary/aromatic N) is 4. The third kappa shape index (κ3) is 4.75. The van der Waals surface area contributed by atoms with Crippen LogP contribution >= 0.6 is 11.3 Å². The first-order valence-electron chi connectivity index (χ1n) is 10.3. The van der Waals surface area contributed by atoms with Crippen LogP contribution in [-0.2, 0) is 17.5 Å². The van der Waals surface area contributed by atoms with Gasteiger partial charge in [0.2, 0.25) is 0 Å². The molecular formula is C22H17F3N6O4S. The first kappa shape index (κ1) is 24.8. The molecule has 3 heterocycles. The molecule has 36 heavy (non-hydrogen) atoms. The number of carbonyl (C=O) groups excluding carboxylic acids is 2. The fraction of sp³-hybridized carbons (Fsp3) is 0.182. The van der Waals surface area contributed by atoms with Crippen LogP contribution in [0, 0.1) is 24.0 Å². The van der Waals surface area contributed by atoms with Crippen LogP contribution in [0.4, 0.5) is 24.7 Å². The molecule has 3 N–H and O–H groups in total. The number of nitro groups is 1. The summed E-state index contributed by atoms with van der Waals surface area (Å²) in [6, 6.07) is 8.63. The van der Waals surface area contributed by atoms with E-state index in [9.17, 15) is 32.9 Å². The van der Waals surface area contributed by atoms with Crippen LogP contribution in [0.1, 0.15) is 26.6 Å². The molecule has 0 aliphatic heterocycles. The monoisotopic (exact) mass is 518 g/mol. The summed E-state index contributed by atoms with van der Waals surface area (Å²) < 4.78 is 41.7. The Bertz CT molecular complexity index is 1530. The van der Waals surface area contributed by atoms with Gasteiger partial charge >= 0.3 is 12.0 Å². The van der Waals surface area contributed by atoms with Crippen molar-refractivity contribution in [2.24, 2.45) is 5.73 Å². The number of benzene rings is 1. The standard InChI is InChI=1S/C22H17F3N6O4S/c1-10-3-5-12(6-4-10)13-8-14(22(23,24)25)27-21-17(13)18(19(36-21)20(26)33)28-15(32)9-30-16(31(34)35)7-11(2)29-30/h3-8H,9H2,1-2H3,(H2,26,33)(H,28,32). The number of rotatable bonds is 6. The molecule has 0 spiro atoms. The molecule has 2 amide bonds. The van der Waals surface area contributed by atoms with E-state index in [-0.39, 0.29) is 26.3 Å². The van der Waals surface area contributed by atoms with Crippen LogP contribution in [0.15, 0.2) is 36.4 Å². The van der Waals surface area contributed by atoms with E-state index in [4.69, 9.17) is 5.73 Å². The Labute approximate surface area is 204 Å². The molecule has 0 aliphatic carbocycles. The van der Waals surface area contributed by atoms with Gasteiger partial charge in [0.1, 0.15) is 15.4 Å². The van der Waals surface area contributed by atoms with Gasteiger partial charge in [0.15, 0.2) is 6.54 Å². The highest BCUT2D eigenvalue weighted by molar-refractivity contribution is 7.21. The number of hydrogen-bond acceptors (Lipinski definition) is 7. The Morgan fingerprint density at radius 2 is 1.86 bits per heavy atom.